The van der Waals surface area contributed by atoms with Crippen LogP contribution in [0.1, 0.15) is 33.9 Å². The summed E-state index contributed by atoms with van der Waals surface area (Å²) < 4.78 is 5.75. The molecule has 1 fully saturated rings. The largest absolute Gasteiger partial charge is 0.486 e. The molecular weight excluding hydrogens is 380 g/mol. The van der Waals surface area contributed by atoms with Gasteiger partial charge in [0.05, 0.1) is 12.2 Å². The number of hydrogen-bond donors (Lipinski definition) is 0. The zero-order valence-corrected chi connectivity index (χ0v) is 16.2. The fraction of sp³-hybridized carbons (Fsp3) is 0.238. The van der Waals surface area contributed by atoms with Crippen LogP contribution < -0.4 is 4.74 Å². The Morgan fingerprint density at radius 1 is 1.19 bits per heavy atom. The SMILES string of the molecule is O=C(c1ccccc1)N(Cc1csc(COc2cccc(Cl)c2)n1)C1CC1. The Hall–Kier alpha value is -2.37. The van der Waals surface area contributed by atoms with Crippen LogP contribution in [-0.4, -0.2) is 21.8 Å². The molecule has 0 aliphatic heterocycles. The van der Waals surface area contributed by atoms with Crippen molar-refractivity contribution in [3.63, 3.8) is 0 Å². The van der Waals surface area contributed by atoms with Gasteiger partial charge in [-0.25, -0.2) is 4.98 Å². The lowest BCUT2D eigenvalue weighted by Gasteiger charge is -2.21. The number of halogens is 1. The van der Waals surface area contributed by atoms with Crippen molar-refractivity contribution >= 4 is 28.8 Å². The van der Waals surface area contributed by atoms with Gasteiger partial charge in [-0.2, -0.15) is 0 Å². The summed E-state index contributed by atoms with van der Waals surface area (Å²) >= 11 is 7.52. The molecule has 1 aliphatic rings. The number of rotatable bonds is 7. The minimum atomic E-state index is 0.0721. The molecule has 0 saturated heterocycles. The van der Waals surface area contributed by atoms with Crippen LogP contribution in [-0.2, 0) is 13.2 Å². The second-order valence-electron chi connectivity index (χ2n) is 6.51. The zero-order valence-electron chi connectivity index (χ0n) is 14.7. The zero-order chi connectivity index (χ0) is 18.6. The van der Waals surface area contributed by atoms with Gasteiger partial charge in [0.2, 0.25) is 0 Å². The van der Waals surface area contributed by atoms with E-state index in [0.29, 0.717) is 24.2 Å². The lowest BCUT2D eigenvalue weighted by molar-refractivity contribution is 0.0728. The first-order chi connectivity index (χ1) is 13.2. The number of thiazole rings is 1. The third kappa shape index (κ3) is 4.67. The van der Waals surface area contributed by atoms with E-state index in [9.17, 15) is 4.79 Å². The second kappa shape index (κ2) is 8.11. The molecule has 3 aromatic rings. The van der Waals surface area contributed by atoms with Crippen LogP contribution in [0.15, 0.2) is 60.0 Å². The van der Waals surface area contributed by atoms with E-state index in [1.54, 1.807) is 17.4 Å². The van der Waals surface area contributed by atoms with Gasteiger partial charge in [0, 0.05) is 22.0 Å². The molecule has 1 heterocycles. The first kappa shape index (κ1) is 18.0. The first-order valence-corrected chi connectivity index (χ1v) is 10.1. The predicted octanol–water partition coefficient (Wildman–Crippen LogP) is 5.18. The highest BCUT2D eigenvalue weighted by Gasteiger charge is 2.33. The summed E-state index contributed by atoms with van der Waals surface area (Å²) in [5.41, 5.74) is 1.63. The molecule has 0 N–H and O–H groups in total. The van der Waals surface area contributed by atoms with E-state index in [4.69, 9.17) is 16.3 Å². The molecule has 4 nitrogen and oxygen atoms in total. The van der Waals surface area contributed by atoms with Crippen molar-refractivity contribution in [3.8, 4) is 5.75 Å². The summed E-state index contributed by atoms with van der Waals surface area (Å²) in [6.07, 6.45) is 2.13. The molecule has 0 radical (unpaired) electrons. The van der Waals surface area contributed by atoms with Gasteiger partial charge < -0.3 is 9.64 Å². The summed E-state index contributed by atoms with van der Waals surface area (Å²) in [5, 5.41) is 3.53. The minimum Gasteiger partial charge on any atom is -0.486 e. The van der Waals surface area contributed by atoms with Crippen molar-refractivity contribution in [2.24, 2.45) is 0 Å². The van der Waals surface area contributed by atoms with Gasteiger partial charge in [0.1, 0.15) is 17.4 Å². The van der Waals surface area contributed by atoms with Crippen molar-refractivity contribution in [2.75, 3.05) is 0 Å². The molecule has 0 spiro atoms. The Labute approximate surface area is 167 Å². The monoisotopic (exact) mass is 398 g/mol. The normalized spacial score (nSPS) is 13.4. The highest BCUT2D eigenvalue weighted by atomic mass is 35.5. The molecule has 138 valence electrons. The fourth-order valence-electron chi connectivity index (χ4n) is 2.86. The molecule has 1 amide bonds. The molecule has 0 unspecified atom stereocenters. The van der Waals surface area contributed by atoms with Crippen molar-refractivity contribution in [1.29, 1.82) is 0 Å². The van der Waals surface area contributed by atoms with Crippen molar-refractivity contribution in [1.82, 2.24) is 9.88 Å². The number of nitrogens with zero attached hydrogens (tertiary/aromatic N) is 2. The van der Waals surface area contributed by atoms with E-state index in [1.165, 1.54) is 0 Å². The second-order valence-corrected chi connectivity index (χ2v) is 7.89. The van der Waals surface area contributed by atoms with Crippen LogP contribution in [0.5, 0.6) is 5.75 Å². The molecule has 6 heteroatoms. The lowest BCUT2D eigenvalue weighted by atomic mass is 10.2. The summed E-state index contributed by atoms with van der Waals surface area (Å²) in [7, 11) is 0. The highest BCUT2D eigenvalue weighted by molar-refractivity contribution is 7.09. The van der Waals surface area contributed by atoms with E-state index >= 15 is 0 Å². The molecule has 4 rings (SSSR count). The average molecular weight is 399 g/mol. The number of carbonyl (C=O) groups excluding carboxylic acids is 1. The van der Waals surface area contributed by atoms with Crippen LogP contribution in [0.2, 0.25) is 5.02 Å². The summed E-state index contributed by atoms with van der Waals surface area (Å²) in [6, 6.07) is 17.1. The Morgan fingerprint density at radius 2 is 2.00 bits per heavy atom. The highest BCUT2D eigenvalue weighted by Crippen LogP contribution is 2.30. The quantitative estimate of drug-likeness (QED) is 0.550. The van der Waals surface area contributed by atoms with Crippen LogP contribution in [0, 0.1) is 0 Å². The van der Waals surface area contributed by atoms with E-state index in [2.05, 4.69) is 4.98 Å². The number of aromatic nitrogens is 1. The van der Waals surface area contributed by atoms with Crippen LogP contribution in [0.4, 0.5) is 0 Å². The molecular formula is C21H19ClN2O2S. The van der Waals surface area contributed by atoms with Gasteiger partial charge in [-0.1, -0.05) is 35.9 Å². The molecule has 1 aromatic heterocycles. The van der Waals surface area contributed by atoms with Crippen molar-refractivity contribution in [2.45, 2.75) is 32.0 Å². The Kier molecular flexibility index (Phi) is 5.41. The minimum absolute atomic E-state index is 0.0721. The number of ether oxygens (including phenoxy) is 1. The van der Waals surface area contributed by atoms with Crippen LogP contribution in [0.3, 0.4) is 0 Å². The number of hydrogen-bond acceptors (Lipinski definition) is 4. The Bertz CT molecular complexity index is 925. The van der Waals surface area contributed by atoms with Gasteiger partial charge in [0.15, 0.2) is 0 Å². The maximum atomic E-state index is 12.8. The molecule has 1 aliphatic carbocycles. The van der Waals surface area contributed by atoms with Crippen molar-refractivity contribution < 1.29 is 9.53 Å². The number of carbonyl (C=O) groups is 1. The van der Waals surface area contributed by atoms with E-state index < -0.39 is 0 Å². The van der Waals surface area contributed by atoms with Gasteiger partial charge in [-0.15, -0.1) is 11.3 Å². The van der Waals surface area contributed by atoms with E-state index in [0.717, 1.165) is 34.9 Å². The molecule has 0 bridgehead atoms. The van der Waals surface area contributed by atoms with Gasteiger partial charge in [-0.05, 0) is 43.2 Å². The molecule has 27 heavy (non-hydrogen) atoms. The summed E-state index contributed by atoms with van der Waals surface area (Å²) in [4.78, 5) is 19.4. The van der Waals surface area contributed by atoms with Crippen molar-refractivity contribution in [3.05, 3.63) is 81.3 Å². The predicted molar refractivity (Wildman–Crippen MR) is 107 cm³/mol. The molecule has 2 aromatic carbocycles. The van der Waals surface area contributed by atoms with E-state index in [-0.39, 0.29) is 5.91 Å². The van der Waals surface area contributed by atoms with Gasteiger partial charge >= 0.3 is 0 Å². The number of benzene rings is 2. The molecule has 1 saturated carbocycles. The smallest absolute Gasteiger partial charge is 0.254 e. The third-order valence-electron chi connectivity index (χ3n) is 4.36. The maximum Gasteiger partial charge on any atom is 0.254 e. The van der Waals surface area contributed by atoms with E-state index in [1.807, 2.05) is 58.8 Å². The fourth-order valence-corrected chi connectivity index (χ4v) is 3.74. The topological polar surface area (TPSA) is 42.4 Å². The molecule has 0 atom stereocenters. The third-order valence-corrected chi connectivity index (χ3v) is 5.47. The first-order valence-electron chi connectivity index (χ1n) is 8.87. The van der Waals surface area contributed by atoms with Gasteiger partial charge in [0.25, 0.3) is 5.91 Å². The van der Waals surface area contributed by atoms with Gasteiger partial charge in [-0.3, -0.25) is 4.79 Å². The Morgan fingerprint density at radius 3 is 2.74 bits per heavy atom. The lowest BCUT2D eigenvalue weighted by Crippen LogP contribution is -2.32. The summed E-state index contributed by atoms with van der Waals surface area (Å²) in [5.74, 6) is 0.793. The standard InChI is InChI=1S/C21H19ClN2O2S/c22-16-7-4-8-19(11-16)26-13-20-23-17(14-27-20)12-24(18-9-10-18)21(25)15-5-2-1-3-6-15/h1-8,11,14,18H,9-10,12-13H2. The summed E-state index contributed by atoms with van der Waals surface area (Å²) in [6.45, 7) is 0.924. The number of amides is 1. The average Bonchev–Trinajstić information content (AvgIpc) is 3.44. The Balaban J connectivity index is 1.40. The van der Waals surface area contributed by atoms with Crippen LogP contribution >= 0.6 is 22.9 Å². The maximum absolute atomic E-state index is 12.8. The van der Waals surface area contributed by atoms with Crippen LogP contribution in [0.25, 0.3) is 0 Å².